The summed E-state index contributed by atoms with van der Waals surface area (Å²) in [6.45, 7) is 3.08. The maximum atomic E-state index is 12.0. The molecule has 0 aromatic carbocycles. The van der Waals surface area contributed by atoms with Gasteiger partial charge in [-0.2, -0.15) is 0 Å². The summed E-state index contributed by atoms with van der Waals surface area (Å²) in [5, 5.41) is 7.61. The SMILES string of the molecule is CCOC(=O)c1nnc(N2CC(C(=O)OC)C3(CCC3)C2)o1. The second kappa shape index (κ2) is 5.58. The van der Waals surface area contributed by atoms with E-state index >= 15 is 0 Å². The van der Waals surface area contributed by atoms with E-state index in [-0.39, 0.29) is 35.8 Å². The molecule has 0 radical (unpaired) electrons. The fourth-order valence-corrected chi connectivity index (χ4v) is 3.34. The second-order valence-electron chi connectivity index (χ2n) is 5.78. The van der Waals surface area contributed by atoms with Crippen molar-refractivity contribution in [3.8, 4) is 0 Å². The number of ether oxygens (including phenoxy) is 2. The molecule has 1 aromatic rings. The van der Waals surface area contributed by atoms with Crippen molar-refractivity contribution in [2.45, 2.75) is 26.2 Å². The zero-order valence-corrected chi connectivity index (χ0v) is 12.7. The van der Waals surface area contributed by atoms with E-state index in [1.54, 1.807) is 6.92 Å². The molecule has 8 heteroatoms. The van der Waals surface area contributed by atoms with Gasteiger partial charge in [0, 0.05) is 18.5 Å². The van der Waals surface area contributed by atoms with Crippen LogP contribution in [-0.4, -0.2) is 48.9 Å². The second-order valence-corrected chi connectivity index (χ2v) is 5.78. The molecule has 1 atom stereocenters. The van der Waals surface area contributed by atoms with Crippen LogP contribution in [0, 0.1) is 11.3 Å². The lowest BCUT2D eigenvalue weighted by molar-refractivity contribution is -0.150. The lowest BCUT2D eigenvalue weighted by Gasteiger charge is -2.41. The van der Waals surface area contributed by atoms with E-state index in [2.05, 4.69) is 10.2 Å². The third-order valence-corrected chi connectivity index (χ3v) is 4.62. The summed E-state index contributed by atoms with van der Waals surface area (Å²) in [5.74, 6) is -1.19. The summed E-state index contributed by atoms with van der Waals surface area (Å²) in [6, 6.07) is 0.251. The molecule has 0 N–H and O–H groups in total. The van der Waals surface area contributed by atoms with Gasteiger partial charge in [-0.25, -0.2) is 4.79 Å². The zero-order chi connectivity index (χ0) is 15.7. The maximum absolute atomic E-state index is 12.0. The molecule has 8 nitrogen and oxygen atoms in total. The summed E-state index contributed by atoms with van der Waals surface area (Å²) in [7, 11) is 1.41. The lowest BCUT2D eigenvalue weighted by atomic mass is 9.63. The smallest absolute Gasteiger partial charge is 0.396 e. The van der Waals surface area contributed by atoms with Gasteiger partial charge in [0.25, 0.3) is 0 Å². The van der Waals surface area contributed by atoms with E-state index in [1.807, 2.05) is 4.90 Å². The highest BCUT2D eigenvalue weighted by atomic mass is 16.5. The first-order chi connectivity index (χ1) is 10.6. The molecule has 3 rings (SSSR count). The average molecular weight is 309 g/mol. The number of carbonyl (C=O) groups excluding carboxylic acids is 2. The molecule has 22 heavy (non-hydrogen) atoms. The lowest BCUT2D eigenvalue weighted by Crippen LogP contribution is -2.41. The Labute approximate surface area is 127 Å². The van der Waals surface area contributed by atoms with Crippen molar-refractivity contribution in [3.05, 3.63) is 5.89 Å². The Balaban J connectivity index is 1.76. The van der Waals surface area contributed by atoms with Crippen molar-refractivity contribution < 1.29 is 23.5 Å². The normalized spacial score (nSPS) is 22.5. The largest absolute Gasteiger partial charge is 0.469 e. The highest BCUT2D eigenvalue weighted by Gasteiger charge is 2.54. The van der Waals surface area contributed by atoms with E-state index in [9.17, 15) is 9.59 Å². The maximum Gasteiger partial charge on any atom is 0.396 e. The number of esters is 2. The molecule has 0 amide bonds. The summed E-state index contributed by atoms with van der Waals surface area (Å²) >= 11 is 0. The molecule has 1 unspecified atom stereocenters. The fourth-order valence-electron chi connectivity index (χ4n) is 3.34. The first-order valence-corrected chi connectivity index (χ1v) is 7.43. The molecular weight excluding hydrogens is 290 g/mol. The van der Waals surface area contributed by atoms with Gasteiger partial charge < -0.3 is 18.8 Å². The minimum Gasteiger partial charge on any atom is -0.469 e. The van der Waals surface area contributed by atoms with Crippen molar-refractivity contribution in [2.75, 3.05) is 31.7 Å². The van der Waals surface area contributed by atoms with Crippen LogP contribution in [0.1, 0.15) is 36.9 Å². The molecule has 2 fully saturated rings. The van der Waals surface area contributed by atoms with Gasteiger partial charge in [-0.1, -0.05) is 16.6 Å². The predicted octanol–water partition coefficient (Wildman–Crippen LogP) is 1.03. The number of hydrogen-bond donors (Lipinski definition) is 0. The molecule has 1 saturated carbocycles. The van der Waals surface area contributed by atoms with Crippen molar-refractivity contribution in [1.29, 1.82) is 0 Å². The highest BCUT2D eigenvalue weighted by molar-refractivity contribution is 5.84. The number of rotatable bonds is 4. The van der Waals surface area contributed by atoms with Crippen LogP contribution >= 0.6 is 0 Å². The van der Waals surface area contributed by atoms with Crippen LogP contribution in [0.5, 0.6) is 0 Å². The molecule has 2 aliphatic rings. The Morgan fingerprint density at radius 3 is 2.77 bits per heavy atom. The van der Waals surface area contributed by atoms with Gasteiger partial charge in [-0.3, -0.25) is 4.79 Å². The average Bonchev–Trinajstić information content (AvgIpc) is 3.10. The van der Waals surface area contributed by atoms with Gasteiger partial charge in [0.05, 0.1) is 19.6 Å². The van der Waals surface area contributed by atoms with Crippen LogP contribution in [0.25, 0.3) is 0 Å². The first-order valence-electron chi connectivity index (χ1n) is 7.43. The highest BCUT2D eigenvalue weighted by Crippen LogP contribution is 2.52. The number of anilines is 1. The number of methoxy groups -OCH3 is 1. The molecule has 0 bridgehead atoms. The third kappa shape index (κ3) is 2.32. The van der Waals surface area contributed by atoms with Gasteiger partial charge in [0.1, 0.15) is 0 Å². The number of hydrogen-bond acceptors (Lipinski definition) is 8. The molecular formula is C14H19N3O5. The minimum atomic E-state index is -0.636. The standard InChI is InChI=1S/C14H19N3O5/c1-3-21-12(19)10-15-16-13(22-10)17-7-9(11(18)20-2)14(8-17)5-4-6-14/h9H,3-8H2,1-2H3. The van der Waals surface area contributed by atoms with Crippen molar-refractivity contribution >= 4 is 18.0 Å². The number of nitrogens with zero attached hydrogens (tertiary/aromatic N) is 3. The third-order valence-electron chi connectivity index (χ3n) is 4.62. The Bertz CT molecular complexity index is 581. The van der Waals surface area contributed by atoms with E-state index in [1.165, 1.54) is 7.11 Å². The Morgan fingerprint density at radius 1 is 1.41 bits per heavy atom. The van der Waals surface area contributed by atoms with E-state index in [0.717, 1.165) is 19.3 Å². The molecule has 1 aliphatic heterocycles. The summed E-state index contributed by atoms with van der Waals surface area (Å²) in [6.07, 6.45) is 3.09. The van der Waals surface area contributed by atoms with Crippen LogP contribution in [0.4, 0.5) is 6.01 Å². The molecule has 120 valence electrons. The quantitative estimate of drug-likeness (QED) is 0.761. The Kier molecular flexibility index (Phi) is 3.76. The topological polar surface area (TPSA) is 94.8 Å². The van der Waals surface area contributed by atoms with Crippen LogP contribution < -0.4 is 4.90 Å². The Morgan fingerprint density at radius 2 is 2.18 bits per heavy atom. The summed E-state index contributed by atoms with van der Waals surface area (Å²) in [5.41, 5.74) is -0.0638. The van der Waals surface area contributed by atoms with Gasteiger partial charge in [0.2, 0.25) is 0 Å². The first kappa shape index (κ1) is 14.8. The van der Waals surface area contributed by atoms with Crippen molar-refractivity contribution in [3.63, 3.8) is 0 Å². The van der Waals surface area contributed by atoms with Crippen molar-refractivity contribution in [2.24, 2.45) is 11.3 Å². The fraction of sp³-hybridized carbons (Fsp3) is 0.714. The van der Waals surface area contributed by atoms with Gasteiger partial charge >= 0.3 is 23.8 Å². The number of carbonyl (C=O) groups is 2. The van der Waals surface area contributed by atoms with Crippen LogP contribution in [0.15, 0.2) is 4.42 Å². The van der Waals surface area contributed by atoms with Crippen LogP contribution in [0.3, 0.4) is 0 Å². The van der Waals surface area contributed by atoms with E-state index in [4.69, 9.17) is 13.9 Å². The summed E-state index contributed by atoms with van der Waals surface area (Å²) < 4.78 is 15.1. The van der Waals surface area contributed by atoms with Gasteiger partial charge in [0.15, 0.2) is 0 Å². The van der Waals surface area contributed by atoms with Gasteiger partial charge in [-0.15, -0.1) is 0 Å². The molecule has 2 heterocycles. The zero-order valence-electron chi connectivity index (χ0n) is 12.7. The monoisotopic (exact) mass is 309 g/mol. The Hall–Kier alpha value is -2.12. The number of aromatic nitrogens is 2. The molecule has 1 saturated heterocycles. The molecule has 1 aliphatic carbocycles. The summed E-state index contributed by atoms with van der Waals surface area (Å²) in [4.78, 5) is 25.4. The van der Waals surface area contributed by atoms with E-state index in [0.29, 0.717) is 13.1 Å². The van der Waals surface area contributed by atoms with E-state index < -0.39 is 5.97 Å². The van der Waals surface area contributed by atoms with Crippen LogP contribution in [-0.2, 0) is 14.3 Å². The minimum absolute atomic E-state index is 0.0638. The van der Waals surface area contributed by atoms with Crippen molar-refractivity contribution in [1.82, 2.24) is 10.2 Å². The molecule has 1 aromatic heterocycles. The van der Waals surface area contributed by atoms with Crippen LogP contribution in [0.2, 0.25) is 0 Å². The van der Waals surface area contributed by atoms with Gasteiger partial charge in [-0.05, 0) is 19.8 Å². The molecule has 1 spiro atoms. The predicted molar refractivity (Wildman–Crippen MR) is 74.3 cm³/mol.